The number of methoxy groups -OCH3 is 1. The Balaban J connectivity index is 1.83. The molecule has 0 fully saturated rings. The molecule has 162 valence electrons. The first kappa shape index (κ1) is 21.9. The number of aromatic nitrogens is 1. The molecule has 0 aliphatic carbocycles. The van der Waals surface area contributed by atoms with E-state index in [1.54, 1.807) is 29.2 Å². The highest BCUT2D eigenvalue weighted by Crippen LogP contribution is 2.29. The summed E-state index contributed by atoms with van der Waals surface area (Å²) >= 11 is 0. The number of nitrogens with zero attached hydrogens (tertiary/aromatic N) is 4. The number of benzene rings is 1. The van der Waals surface area contributed by atoms with Gasteiger partial charge < -0.3 is 19.7 Å². The van der Waals surface area contributed by atoms with Crippen molar-refractivity contribution in [3.05, 3.63) is 52.7 Å². The maximum absolute atomic E-state index is 13.0. The van der Waals surface area contributed by atoms with Gasteiger partial charge in [0.25, 0.3) is 5.91 Å². The van der Waals surface area contributed by atoms with E-state index in [4.69, 9.17) is 9.47 Å². The standard InChI is InChI=1S/C22H25N5O4/c1-14(2)31-22(29)27-9-8-15-11-19(30-4)18(10-16(15)13-27)21(28)26-20-7-5-6-17(25-20)12-24-23-3/h5-7,10-12,14H,3,8-9,13H2,1-2,4H3,(H,25,26,28). The number of hydrogen-bond donors (Lipinski definition) is 1. The highest BCUT2D eigenvalue weighted by Gasteiger charge is 2.25. The summed E-state index contributed by atoms with van der Waals surface area (Å²) in [6, 6.07) is 8.75. The molecule has 1 aliphatic rings. The number of carbonyl (C=O) groups is 2. The Hall–Kier alpha value is -3.75. The van der Waals surface area contributed by atoms with Crippen molar-refractivity contribution >= 4 is 30.8 Å². The number of ether oxygens (including phenoxy) is 2. The first-order valence-electron chi connectivity index (χ1n) is 9.84. The zero-order valence-corrected chi connectivity index (χ0v) is 17.8. The summed E-state index contributed by atoms with van der Waals surface area (Å²) in [5, 5.41) is 9.87. The van der Waals surface area contributed by atoms with E-state index in [1.807, 2.05) is 19.9 Å². The number of carbonyl (C=O) groups excluding carboxylic acids is 2. The Morgan fingerprint density at radius 3 is 2.81 bits per heavy atom. The van der Waals surface area contributed by atoms with Crippen LogP contribution in [-0.4, -0.2) is 54.6 Å². The van der Waals surface area contributed by atoms with Crippen molar-refractivity contribution < 1.29 is 19.1 Å². The van der Waals surface area contributed by atoms with Crippen LogP contribution < -0.4 is 10.1 Å². The first-order valence-corrected chi connectivity index (χ1v) is 9.84. The SMILES string of the molecule is C=NN=Cc1cccc(NC(=O)c2cc3c(cc2OC)CCN(C(=O)OC(C)C)C3)n1. The van der Waals surface area contributed by atoms with Crippen LogP contribution in [0.1, 0.15) is 41.0 Å². The third-order valence-corrected chi connectivity index (χ3v) is 4.66. The quantitative estimate of drug-likeness (QED) is 0.567. The fourth-order valence-electron chi connectivity index (χ4n) is 3.24. The summed E-state index contributed by atoms with van der Waals surface area (Å²) in [5.74, 6) is 0.452. The summed E-state index contributed by atoms with van der Waals surface area (Å²) in [7, 11) is 1.52. The molecule has 1 aliphatic heterocycles. The molecule has 0 bridgehead atoms. The second-order valence-electron chi connectivity index (χ2n) is 7.21. The molecule has 9 nitrogen and oxygen atoms in total. The number of anilines is 1. The Bertz CT molecular complexity index is 1020. The van der Waals surface area contributed by atoms with E-state index in [2.05, 4.69) is 27.2 Å². The van der Waals surface area contributed by atoms with E-state index >= 15 is 0 Å². The largest absolute Gasteiger partial charge is 0.496 e. The molecular weight excluding hydrogens is 398 g/mol. The number of fused-ring (bicyclic) bond motifs is 1. The van der Waals surface area contributed by atoms with Crippen molar-refractivity contribution in [2.75, 3.05) is 19.0 Å². The second-order valence-corrected chi connectivity index (χ2v) is 7.21. The predicted octanol–water partition coefficient (Wildman–Crippen LogP) is 3.28. The average Bonchev–Trinajstić information content (AvgIpc) is 2.76. The number of amides is 2. The Morgan fingerprint density at radius 2 is 2.10 bits per heavy atom. The van der Waals surface area contributed by atoms with Crippen molar-refractivity contribution in [2.45, 2.75) is 32.9 Å². The second kappa shape index (κ2) is 9.84. The van der Waals surface area contributed by atoms with Crippen molar-refractivity contribution in [1.29, 1.82) is 0 Å². The van der Waals surface area contributed by atoms with Gasteiger partial charge in [-0.1, -0.05) is 6.07 Å². The van der Waals surface area contributed by atoms with E-state index in [-0.39, 0.29) is 18.1 Å². The normalized spacial score (nSPS) is 13.1. The monoisotopic (exact) mass is 423 g/mol. The van der Waals surface area contributed by atoms with Crippen molar-refractivity contribution in [3.8, 4) is 5.75 Å². The van der Waals surface area contributed by atoms with Crippen LogP contribution >= 0.6 is 0 Å². The summed E-state index contributed by atoms with van der Waals surface area (Å²) in [4.78, 5) is 31.2. The van der Waals surface area contributed by atoms with Gasteiger partial charge in [0.1, 0.15) is 11.6 Å². The molecule has 1 aromatic carbocycles. The van der Waals surface area contributed by atoms with Gasteiger partial charge in [-0.3, -0.25) is 4.79 Å². The molecule has 3 rings (SSSR count). The minimum atomic E-state index is -0.370. The molecule has 0 saturated carbocycles. The van der Waals surface area contributed by atoms with Gasteiger partial charge in [-0.2, -0.15) is 10.2 Å². The zero-order chi connectivity index (χ0) is 22.4. The minimum Gasteiger partial charge on any atom is -0.496 e. The molecule has 1 N–H and O–H groups in total. The summed E-state index contributed by atoms with van der Waals surface area (Å²) in [6.45, 7) is 7.81. The van der Waals surface area contributed by atoms with Crippen LogP contribution in [0.25, 0.3) is 0 Å². The fourth-order valence-corrected chi connectivity index (χ4v) is 3.24. The van der Waals surface area contributed by atoms with Crippen LogP contribution in [-0.2, 0) is 17.7 Å². The molecule has 2 heterocycles. The molecule has 0 radical (unpaired) electrons. The van der Waals surface area contributed by atoms with Gasteiger partial charge in [0, 0.05) is 19.8 Å². The van der Waals surface area contributed by atoms with Gasteiger partial charge in [0.15, 0.2) is 0 Å². The molecule has 9 heteroatoms. The molecule has 1 aromatic heterocycles. The lowest BCUT2D eigenvalue weighted by atomic mass is 9.96. The van der Waals surface area contributed by atoms with Crippen LogP contribution in [0.15, 0.2) is 40.5 Å². The lowest BCUT2D eigenvalue weighted by Crippen LogP contribution is -2.37. The molecule has 2 amide bonds. The lowest BCUT2D eigenvalue weighted by Gasteiger charge is -2.29. The summed E-state index contributed by atoms with van der Waals surface area (Å²) in [5.41, 5.74) is 2.80. The molecule has 2 aromatic rings. The smallest absolute Gasteiger partial charge is 0.410 e. The molecular formula is C22H25N5O4. The first-order chi connectivity index (χ1) is 14.9. The number of pyridine rings is 1. The summed E-state index contributed by atoms with van der Waals surface area (Å²) < 4.78 is 10.7. The maximum Gasteiger partial charge on any atom is 0.410 e. The fraction of sp³-hybridized carbons (Fsp3) is 0.318. The highest BCUT2D eigenvalue weighted by molar-refractivity contribution is 6.06. The van der Waals surface area contributed by atoms with Gasteiger partial charge >= 0.3 is 6.09 Å². The molecule has 0 unspecified atom stereocenters. The average molecular weight is 423 g/mol. The van der Waals surface area contributed by atoms with E-state index in [0.717, 1.165) is 11.1 Å². The third kappa shape index (κ3) is 5.44. The molecule has 0 saturated heterocycles. The van der Waals surface area contributed by atoms with E-state index < -0.39 is 0 Å². The van der Waals surface area contributed by atoms with E-state index in [0.29, 0.717) is 42.3 Å². The van der Waals surface area contributed by atoms with Crippen LogP contribution in [0.5, 0.6) is 5.75 Å². The Morgan fingerprint density at radius 1 is 1.29 bits per heavy atom. The van der Waals surface area contributed by atoms with Crippen molar-refractivity contribution in [3.63, 3.8) is 0 Å². The van der Waals surface area contributed by atoms with Gasteiger partial charge in [-0.15, -0.1) is 0 Å². The van der Waals surface area contributed by atoms with Crippen LogP contribution in [0.2, 0.25) is 0 Å². The predicted molar refractivity (Wildman–Crippen MR) is 118 cm³/mol. The highest BCUT2D eigenvalue weighted by atomic mass is 16.6. The third-order valence-electron chi connectivity index (χ3n) is 4.66. The van der Waals surface area contributed by atoms with Gasteiger partial charge in [-0.05, 0) is 55.7 Å². The number of rotatable bonds is 6. The zero-order valence-electron chi connectivity index (χ0n) is 17.8. The van der Waals surface area contributed by atoms with Crippen LogP contribution in [0.4, 0.5) is 10.6 Å². The minimum absolute atomic E-state index is 0.193. The number of hydrogen-bond acceptors (Lipinski definition) is 7. The van der Waals surface area contributed by atoms with Crippen LogP contribution in [0.3, 0.4) is 0 Å². The Labute approximate surface area is 180 Å². The van der Waals surface area contributed by atoms with Gasteiger partial charge in [0.2, 0.25) is 0 Å². The lowest BCUT2D eigenvalue weighted by molar-refractivity contribution is 0.0730. The summed E-state index contributed by atoms with van der Waals surface area (Å²) in [6.07, 6.45) is 1.54. The van der Waals surface area contributed by atoms with E-state index in [1.165, 1.54) is 13.3 Å². The van der Waals surface area contributed by atoms with Crippen molar-refractivity contribution in [2.24, 2.45) is 10.2 Å². The molecule has 31 heavy (non-hydrogen) atoms. The maximum atomic E-state index is 13.0. The van der Waals surface area contributed by atoms with E-state index in [9.17, 15) is 9.59 Å². The van der Waals surface area contributed by atoms with Gasteiger partial charge in [-0.25, -0.2) is 9.78 Å². The topological polar surface area (TPSA) is 105 Å². The molecule has 0 spiro atoms. The van der Waals surface area contributed by atoms with Crippen LogP contribution in [0, 0.1) is 0 Å². The Kier molecular flexibility index (Phi) is 6.96. The van der Waals surface area contributed by atoms with Gasteiger partial charge in [0.05, 0.1) is 30.7 Å². The number of nitrogens with one attached hydrogen (secondary N) is 1. The molecule has 0 atom stereocenters. The van der Waals surface area contributed by atoms with Crippen molar-refractivity contribution in [1.82, 2.24) is 9.88 Å².